The summed E-state index contributed by atoms with van der Waals surface area (Å²) >= 11 is 0. The number of hydrogen-bond donors (Lipinski definition) is 7. The van der Waals surface area contributed by atoms with Crippen molar-refractivity contribution in [2.45, 2.75) is 229 Å². The largest absolute Gasteiger partial charge is 0.462 e. The lowest BCUT2D eigenvalue weighted by Gasteiger charge is -2.42. The maximum Gasteiger partial charge on any atom is 0.306 e. The maximum absolute atomic E-state index is 12.9. The van der Waals surface area contributed by atoms with Crippen molar-refractivity contribution in [1.82, 2.24) is 0 Å². The molecule has 0 spiro atoms. The van der Waals surface area contributed by atoms with Crippen LogP contribution >= 0.6 is 0 Å². The van der Waals surface area contributed by atoms with Gasteiger partial charge in [0.15, 0.2) is 18.7 Å². The standard InChI is InChI=1S/C46H82O15/c1-3-5-7-9-11-13-15-16-17-18-19-21-23-25-27-29-38(49)59-34(31-56-37(48)28-26-24-22-20-14-12-10-8-6-4-2)32-57-45-44(55)42(53)40(51)36(61-45)33-58-46-43(54)41(52)39(50)35(30-47)60-46/h8,10,16-17,34-36,39-47,50-55H,3-7,9,11-15,18-33H2,1-2H3/b10-8-,17-16-. The van der Waals surface area contributed by atoms with Crippen LogP contribution in [0.2, 0.25) is 0 Å². The number of rotatable bonds is 35. The van der Waals surface area contributed by atoms with E-state index in [-0.39, 0.29) is 26.1 Å². The molecule has 0 amide bonds. The van der Waals surface area contributed by atoms with Crippen LogP contribution < -0.4 is 0 Å². The van der Waals surface area contributed by atoms with Crippen molar-refractivity contribution in [1.29, 1.82) is 0 Å². The monoisotopic (exact) mass is 875 g/mol. The lowest BCUT2D eigenvalue weighted by Crippen LogP contribution is -2.61. The molecule has 11 atom stereocenters. The second-order valence-electron chi connectivity index (χ2n) is 16.6. The summed E-state index contributed by atoms with van der Waals surface area (Å²) in [4.78, 5) is 25.6. The summed E-state index contributed by atoms with van der Waals surface area (Å²) in [6.07, 6.45) is 15.1. The van der Waals surface area contributed by atoms with E-state index in [1.807, 2.05) is 0 Å². The van der Waals surface area contributed by atoms with Gasteiger partial charge in [0.2, 0.25) is 0 Å². The first-order valence-corrected chi connectivity index (χ1v) is 23.4. The van der Waals surface area contributed by atoms with Gasteiger partial charge < -0.3 is 64.2 Å². The van der Waals surface area contributed by atoms with Crippen LogP contribution in [-0.2, 0) is 38.0 Å². The second-order valence-corrected chi connectivity index (χ2v) is 16.6. The summed E-state index contributed by atoms with van der Waals surface area (Å²) < 4.78 is 33.4. The molecule has 2 saturated heterocycles. The fraction of sp³-hybridized carbons (Fsp3) is 0.870. The topological polar surface area (TPSA) is 231 Å². The molecule has 7 N–H and O–H groups in total. The van der Waals surface area contributed by atoms with Crippen molar-refractivity contribution < 1.29 is 73.8 Å². The molecular weight excluding hydrogens is 792 g/mol. The Morgan fingerprint density at radius 2 is 0.967 bits per heavy atom. The van der Waals surface area contributed by atoms with Crippen LogP contribution in [0.15, 0.2) is 24.3 Å². The minimum absolute atomic E-state index is 0.155. The molecule has 0 bridgehead atoms. The molecule has 15 nitrogen and oxygen atoms in total. The summed E-state index contributed by atoms with van der Waals surface area (Å²) in [5.41, 5.74) is 0. The summed E-state index contributed by atoms with van der Waals surface area (Å²) in [5, 5.41) is 71.8. The number of aliphatic hydroxyl groups excluding tert-OH is 7. The number of esters is 2. The molecule has 2 aliphatic heterocycles. The van der Waals surface area contributed by atoms with E-state index in [9.17, 15) is 45.3 Å². The van der Waals surface area contributed by atoms with Crippen molar-refractivity contribution in [3.8, 4) is 0 Å². The van der Waals surface area contributed by atoms with Gasteiger partial charge in [0.25, 0.3) is 0 Å². The Morgan fingerprint density at radius 1 is 0.508 bits per heavy atom. The van der Waals surface area contributed by atoms with Gasteiger partial charge in [-0.25, -0.2) is 0 Å². The molecule has 0 aromatic rings. The van der Waals surface area contributed by atoms with Crippen LogP contribution in [0.25, 0.3) is 0 Å². The molecule has 0 aromatic heterocycles. The van der Waals surface area contributed by atoms with Gasteiger partial charge in [-0.3, -0.25) is 9.59 Å². The van der Waals surface area contributed by atoms with Gasteiger partial charge >= 0.3 is 11.9 Å². The van der Waals surface area contributed by atoms with Crippen molar-refractivity contribution in [3.05, 3.63) is 24.3 Å². The number of hydrogen-bond acceptors (Lipinski definition) is 15. The van der Waals surface area contributed by atoms with Crippen LogP contribution in [0.3, 0.4) is 0 Å². The summed E-state index contributed by atoms with van der Waals surface area (Å²) in [6.45, 7) is 2.48. The number of unbranched alkanes of at least 4 members (excludes halogenated alkanes) is 17. The number of carbonyl (C=O) groups excluding carboxylic acids is 2. The van der Waals surface area contributed by atoms with Crippen LogP contribution in [0.5, 0.6) is 0 Å². The van der Waals surface area contributed by atoms with Crippen molar-refractivity contribution in [3.63, 3.8) is 0 Å². The molecule has 0 aromatic carbocycles. The van der Waals surface area contributed by atoms with Crippen molar-refractivity contribution in [2.75, 3.05) is 26.4 Å². The van der Waals surface area contributed by atoms with Gasteiger partial charge in [-0.05, 0) is 57.8 Å². The third-order valence-electron chi connectivity index (χ3n) is 11.1. The first-order valence-electron chi connectivity index (χ1n) is 23.4. The fourth-order valence-corrected chi connectivity index (χ4v) is 7.21. The molecule has 356 valence electrons. The highest BCUT2D eigenvalue weighted by atomic mass is 16.7. The van der Waals surface area contributed by atoms with Crippen molar-refractivity contribution in [2.24, 2.45) is 0 Å². The second kappa shape index (κ2) is 34.4. The molecule has 0 radical (unpaired) electrons. The van der Waals surface area contributed by atoms with Gasteiger partial charge in [0, 0.05) is 12.8 Å². The quantitative estimate of drug-likeness (QED) is 0.0246. The zero-order valence-corrected chi connectivity index (χ0v) is 37.1. The molecule has 2 fully saturated rings. The Kier molecular flexibility index (Phi) is 31.1. The van der Waals surface area contributed by atoms with Gasteiger partial charge in [-0.2, -0.15) is 0 Å². The van der Waals surface area contributed by atoms with Crippen LogP contribution in [0, 0.1) is 0 Å². The van der Waals surface area contributed by atoms with Gasteiger partial charge in [0.05, 0.1) is 19.8 Å². The van der Waals surface area contributed by atoms with E-state index < -0.39 is 92.7 Å². The van der Waals surface area contributed by atoms with Crippen LogP contribution in [0.1, 0.15) is 162 Å². The van der Waals surface area contributed by atoms with E-state index >= 15 is 0 Å². The average molecular weight is 875 g/mol. The Balaban J connectivity index is 1.85. The molecule has 0 saturated carbocycles. The third-order valence-corrected chi connectivity index (χ3v) is 11.1. The number of ether oxygens (including phenoxy) is 6. The minimum atomic E-state index is -1.76. The first kappa shape index (κ1) is 55.1. The molecule has 0 aliphatic carbocycles. The highest BCUT2D eigenvalue weighted by molar-refractivity contribution is 5.70. The smallest absolute Gasteiger partial charge is 0.306 e. The molecule has 2 rings (SSSR count). The van der Waals surface area contributed by atoms with Crippen molar-refractivity contribution >= 4 is 11.9 Å². The summed E-state index contributed by atoms with van der Waals surface area (Å²) in [5.74, 6) is -0.947. The lowest BCUT2D eigenvalue weighted by atomic mass is 9.98. The minimum Gasteiger partial charge on any atom is -0.462 e. The van der Waals surface area contributed by atoms with E-state index in [0.717, 1.165) is 83.5 Å². The van der Waals surface area contributed by atoms with E-state index in [1.165, 1.54) is 38.5 Å². The molecule has 2 aliphatic rings. The molecule has 2 heterocycles. The van der Waals surface area contributed by atoms with Gasteiger partial charge in [-0.15, -0.1) is 0 Å². The zero-order chi connectivity index (χ0) is 44.7. The summed E-state index contributed by atoms with van der Waals surface area (Å²) in [6, 6.07) is 0. The Bertz CT molecular complexity index is 1170. The van der Waals surface area contributed by atoms with E-state index in [0.29, 0.717) is 12.8 Å². The SMILES string of the molecule is CCC/C=C\CCCCCCCC(=O)OCC(COC1OC(COC2OC(CO)C(O)C(O)C2O)C(O)C(O)C1O)OC(=O)CCCCCCC/C=C\CCCCCCCC. The van der Waals surface area contributed by atoms with Crippen LogP contribution in [-0.4, -0.2) is 142 Å². The summed E-state index contributed by atoms with van der Waals surface area (Å²) in [7, 11) is 0. The highest BCUT2D eigenvalue weighted by Crippen LogP contribution is 2.26. The predicted molar refractivity (Wildman–Crippen MR) is 229 cm³/mol. The number of carbonyl (C=O) groups is 2. The Labute approximate surface area is 364 Å². The highest BCUT2D eigenvalue weighted by Gasteiger charge is 2.47. The fourth-order valence-electron chi connectivity index (χ4n) is 7.21. The normalized spacial score (nSPS) is 27.5. The Hall–Kier alpha value is -2.02. The molecule has 15 heteroatoms. The van der Waals surface area contributed by atoms with E-state index in [1.54, 1.807) is 0 Å². The predicted octanol–water partition coefficient (Wildman–Crippen LogP) is 5.21. The molecule has 11 unspecified atom stereocenters. The van der Waals surface area contributed by atoms with Gasteiger partial charge in [-0.1, -0.05) is 115 Å². The third kappa shape index (κ3) is 23.5. The molecular formula is C46H82O15. The van der Waals surface area contributed by atoms with Gasteiger partial charge in [0.1, 0.15) is 55.4 Å². The van der Waals surface area contributed by atoms with Crippen LogP contribution in [0.4, 0.5) is 0 Å². The molecule has 61 heavy (non-hydrogen) atoms. The maximum atomic E-state index is 12.9. The van der Waals surface area contributed by atoms with E-state index in [2.05, 4.69) is 38.2 Å². The number of allylic oxidation sites excluding steroid dienone is 4. The number of aliphatic hydroxyl groups is 7. The zero-order valence-electron chi connectivity index (χ0n) is 37.1. The Morgan fingerprint density at radius 3 is 1.51 bits per heavy atom. The average Bonchev–Trinajstić information content (AvgIpc) is 3.25. The lowest BCUT2D eigenvalue weighted by molar-refractivity contribution is -0.332. The first-order chi connectivity index (χ1) is 29.5. The van der Waals surface area contributed by atoms with E-state index in [4.69, 9.17) is 28.4 Å².